The van der Waals surface area contributed by atoms with Gasteiger partial charge in [0, 0.05) is 54.9 Å². The number of carbonyl (C=O) groups is 2. The summed E-state index contributed by atoms with van der Waals surface area (Å²) < 4.78 is 15.7. The lowest BCUT2D eigenvalue weighted by Crippen LogP contribution is -2.41. The summed E-state index contributed by atoms with van der Waals surface area (Å²) in [5, 5.41) is 1.86. The molecule has 0 radical (unpaired) electrons. The van der Waals surface area contributed by atoms with Crippen molar-refractivity contribution in [3.8, 4) is 5.69 Å². The van der Waals surface area contributed by atoms with Crippen LogP contribution in [0, 0.1) is 5.82 Å². The lowest BCUT2D eigenvalue weighted by molar-refractivity contribution is -0.127. The van der Waals surface area contributed by atoms with Crippen LogP contribution in [0.25, 0.3) is 16.6 Å². The maximum absolute atomic E-state index is 13.6. The molecule has 0 bridgehead atoms. The van der Waals surface area contributed by atoms with E-state index in [1.54, 1.807) is 12.1 Å². The number of hydrogen-bond acceptors (Lipinski definition) is 3. The van der Waals surface area contributed by atoms with Gasteiger partial charge in [-0.3, -0.25) is 9.69 Å². The molecule has 2 aliphatic rings. The van der Waals surface area contributed by atoms with Gasteiger partial charge in [0.2, 0.25) is 5.91 Å². The average Bonchev–Trinajstić information content (AvgIpc) is 3.56. The smallest absolute Gasteiger partial charge is 0.321 e. The monoisotopic (exact) mass is 594 g/mol. The molecule has 3 amide bonds. The van der Waals surface area contributed by atoms with E-state index < -0.39 is 0 Å². The van der Waals surface area contributed by atoms with E-state index in [0.717, 1.165) is 61.9 Å². The van der Waals surface area contributed by atoms with Gasteiger partial charge in [-0.2, -0.15) is 0 Å². The molecule has 5 rings (SSSR count). The van der Waals surface area contributed by atoms with Gasteiger partial charge in [0.1, 0.15) is 5.82 Å². The van der Waals surface area contributed by atoms with E-state index in [4.69, 9.17) is 11.6 Å². The second kappa shape index (κ2) is 14.5. The number of halogens is 2. The maximum Gasteiger partial charge on any atom is 0.326 e. The van der Waals surface area contributed by atoms with Gasteiger partial charge < -0.3 is 14.4 Å². The molecule has 0 N–H and O–H groups in total. The molecule has 42 heavy (non-hydrogen) atoms. The number of aromatic nitrogens is 1. The van der Waals surface area contributed by atoms with Gasteiger partial charge in [0.15, 0.2) is 0 Å². The minimum atomic E-state index is -0.246. The zero-order chi connectivity index (χ0) is 29.5. The van der Waals surface area contributed by atoms with Crippen molar-refractivity contribution >= 4 is 34.4 Å². The number of benzene rings is 2. The fraction of sp³-hybridized carbons (Fsp3) is 0.529. The summed E-state index contributed by atoms with van der Waals surface area (Å²) in [6, 6.07) is 12.5. The van der Waals surface area contributed by atoms with Crippen molar-refractivity contribution in [2.75, 3.05) is 39.3 Å². The standard InChI is InChI=1S/C34H44ClFN4O2/c1-2-3-4-5-6-7-8-9-33(41)39-23-22-38(34(39)42)21-20-37-18-16-26(17-19-37)31-25-40(29-13-11-28(36)12-14-29)32-15-10-27(35)24-30(31)32/h10-15,24-26H,2-9,16-23H2,1H3. The van der Waals surface area contributed by atoms with Crippen LogP contribution in [0.3, 0.4) is 0 Å². The number of carbonyl (C=O) groups excluding carboxylic acids is 2. The Hall–Kier alpha value is -2.90. The Balaban J connectivity index is 1.10. The van der Waals surface area contributed by atoms with Crippen LogP contribution in [0.15, 0.2) is 48.7 Å². The number of piperidine rings is 1. The summed E-state index contributed by atoms with van der Waals surface area (Å²) in [7, 11) is 0. The van der Waals surface area contributed by atoms with Gasteiger partial charge in [-0.15, -0.1) is 0 Å². The van der Waals surface area contributed by atoms with Gasteiger partial charge in [0.25, 0.3) is 0 Å². The predicted molar refractivity (Wildman–Crippen MR) is 168 cm³/mol. The van der Waals surface area contributed by atoms with E-state index in [2.05, 4.69) is 22.6 Å². The van der Waals surface area contributed by atoms with Crippen LogP contribution in [-0.2, 0) is 4.79 Å². The fourth-order valence-corrected chi connectivity index (χ4v) is 6.66. The maximum atomic E-state index is 13.6. The van der Waals surface area contributed by atoms with E-state index >= 15 is 0 Å². The second-order valence-corrected chi connectivity index (χ2v) is 12.3. The van der Waals surface area contributed by atoms with E-state index in [-0.39, 0.29) is 17.8 Å². The van der Waals surface area contributed by atoms with Crippen LogP contribution in [-0.4, -0.2) is 70.5 Å². The van der Waals surface area contributed by atoms with Gasteiger partial charge in [-0.25, -0.2) is 9.18 Å². The Kier molecular flexibility index (Phi) is 10.6. The number of unbranched alkanes of at least 4 members (excludes halogenated alkanes) is 6. The minimum Gasteiger partial charge on any atom is -0.321 e. The number of imide groups is 1. The molecule has 0 unspecified atom stereocenters. The average molecular weight is 595 g/mol. The molecule has 0 saturated carbocycles. The minimum absolute atomic E-state index is 0.0169. The first-order valence-corrected chi connectivity index (χ1v) is 16.2. The molecule has 0 spiro atoms. The van der Waals surface area contributed by atoms with E-state index in [1.807, 2.05) is 23.1 Å². The number of rotatable bonds is 13. The molecular formula is C34H44ClFN4O2. The van der Waals surface area contributed by atoms with E-state index in [1.165, 1.54) is 54.7 Å². The van der Waals surface area contributed by atoms with Crippen molar-refractivity contribution in [1.29, 1.82) is 0 Å². The third-order valence-electron chi connectivity index (χ3n) is 9.01. The SMILES string of the molecule is CCCCCCCCCC(=O)N1CCN(CCN2CCC(c3cn(-c4ccc(F)cc4)c4ccc(Cl)cc34)CC2)C1=O. The topological polar surface area (TPSA) is 48.8 Å². The Morgan fingerprint density at radius 1 is 0.905 bits per heavy atom. The van der Waals surface area contributed by atoms with Gasteiger partial charge >= 0.3 is 6.03 Å². The molecule has 2 aliphatic heterocycles. The van der Waals surface area contributed by atoms with Crippen LogP contribution >= 0.6 is 11.6 Å². The van der Waals surface area contributed by atoms with E-state index in [9.17, 15) is 14.0 Å². The normalized spacial score (nSPS) is 16.7. The van der Waals surface area contributed by atoms with Crippen molar-refractivity contribution in [1.82, 2.24) is 19.3 Å². The van der Waals surface area contributed by atoms with Crippen LogP contribution in [0.2, 0.25) is 5.02 Å². The number of likely N-dealkylation sites (tertiary alicyclic amines) is 1. The summed E-state index contributed by atoms with van der Waals surface area (Å²) in [5.74, 6) is 0.137. The largest absolute Gasteiger partial charge is 0.326 e. The van der Waals surface area contributed by atoms with Crippen LogP contribution < -0.4 is 0 Å². The molecule has 6 nitrogen and oxygen atoms in total. The van der Waals surface area contributed by atoms with Crippen LogP contribution in [0.4, 0.5) is 9.18 Å². The highest BCUT2D eigenvalue weighted by molar-refractivity contribution is 6.31. The predicted octanol–water partition coefficient (Wildman–Crippen LogP) is 8.01. The van der Waals surface area contributed by atoms with Crippen molar-refractivity contribution in [2.24, 2.45) is 0 Å². The lowest BCUT2D eigenvalue weighted by atomic mass is 9.89. The van der Waals surface area contributed by atoms with Gasteiger partial charge in [-0.1, -0.05) is 57.0 Å². The molecule has 2 saturated heterocycles. The first kappa shape index (κ1) is 30.6. The first-order chi connectivity index (χ1) is 20.4. The number of fused-ring (bicyclic) bond motifs is 1. The van der Waals surface area contributed by atoms with Crippen molar-refractivity contribution in [3.05, 3.63) is 65.1 Å². The molecular weight excluding hydrogens is 551 g/mol. The highest BCUT2D eigenvalue weighted by Gasteiger charge is 2.33. The first-order valence-electron chi connectivity index (χ1n) is 15.8. The lowest BCUT2D eigenvalue weighted by Gasteiger charge is -2.33. The molecule has 226 valence electrons. The molecule has 3 aromatic rings. The zero-order valence-electron chi connectivity index (χ0n) is 24.9. The molecule has 1 aromatic heterocycles. The summed E-state index contributed by atoms with van der Waals surface area (Å²) in [4.78, 5) is 31.3. The Morgan fingerprint density at radius 2 is 1.62 bits per heavy atom. The summed E-state index contributed by atoms with van der Waals surface area (Å²) in [6.07, 6.45) is 12.9. The number of hydrogen-bond donors (Lipinski definition) is 0. The third kappa shape index (κ3) is 7.35. The molecule has 2 aromatic carbocycles. The molecule has 8 heteroatoms. The Bertz CT molecular complexity index is 1350. The number of amides is 3. The molecule has 0 aliphatic carbocycles. The highest BCUT2D eigenvalue weighted by Crippen LogP contribution is 2.37. The number of nitrogens with zero attached hydrogens (tertiary/aromatic N) is 4. The zero-order valence-corrected chi connectivity index (χ0v) is 25.6. The van der Waals surface area contributed by atoms with Crippen molar-refractivity contribution in [3.63, 3.8) is 0 Å². The fourth-order valence-electron chi connectivity index (χ4n) is 6.49. The van der Waals surface area contributed by atoms with Gasteiger partial charge in [-0.05, 0) is 86.3 Å². The Morgan fingerprint density at radius 3 is 2.36 bits per heavy atom. The van der Waals surface area contributed by atoms with Crippen molar-refractivity contribution < 1.29 is 14.0 Å². The third-order valence-corrected chi connectivity index (χ3v) is 9.24. The van der Waals surface area contributed by atoms with Gasteiger partial charge in [0.05, 0.1) is 5.52 Å². The quantitative estimate of drug-likeness (QED) is 0.188. The molecule has 3 heterocycles. The molecule has 0 atom stereocenters. The summed E-state index contributed by atoms with van der Waals surface area (Å²) in [6.45, 7) is 6.74. The molecule has 2 fully saturated rings. The number of urea groups is 1. The summed E-state index contributed by atoms with van der Waals surface area (Å²) in [5.41, 5.74) is 3.28. The van der Waals surface area contributed by atoms with Crippen LogP contribution in [0.1, 0.15) is 82.6 Å². The van der Waals surface area contributed by atoms with Crippen LogP contribution in [0.5, 0.6) is 0 Å². The summed E-state index contributed by atoms with van der Waals surface area (Å²) >= 11 is 6.40. The second-order valence-electron chi connectivity index (χ2n) is 11.9. The van der Waals surface area contributed by atoms with E-state index in [0.29, 0.717) is 37.0 Å². The Labute approximate surface area is 254 Å². The highest BCUT2D eigenvalue weighted by atomic mass is 35.5. The van der Waals surface area contributed by atoms with Crippen molar-refractivity contribution in [2.45, 2.75) is 77.0 Å².